The number of benzene rings is 2. The van der Waals surface area contributed by atoms with Crippen LogP contribution >= 0.6 is 7.37 Å². The van der Waals surface area contributed by atoms with Gasteiger partial charge in [-0.3, -0.25) is 4.57 Å². The monoisotopic (exact) mass is 274 g/mol. The zero-order valence-corrected chi connectivity index (χ0v) is 12.5. The predicted octanol–water partition coefficient (Wildman–Crippen LogP) is 4.05. The summed E-state index contributed by atoms with van der Waals surface area (Å²) < 4.78 is 18.3. The Morgan fingerprint density at radius 1 is 1.05 bits per heavy atom. The van der Waals surface area contributed by atoms with E-state index in [1.165, 1.54) is 12.7 Å². The number of aryl methyl sites for hydroxylation is 2. The molecule has 0 spiro atoms. The van der Waals surface area contributed by atoms with E-state index >= 15 is 0 Å². The Morgan fingerprint density at radius 3 is 2.32 bits per heavy atom. The van der Waals surface area contributed by atoms with Crippen molar-refractivity contribution in [3.63, 3.8) is 0 Å². The maximum atomic E-state index is 13.0. The normalized spacial score (nSPS) is 14.1. The molecule has 3 heteroatoms. The Bertz CT molecular complexity index is 605. The standard InChI is InChI=1S/C16H19O2P/c1-13-9-10-15(14(2)11-13)12-19(17,18-3)16-7-5-4-6-8-16/h4-11H,12H2,1-3H3. The van der Waals surface area contributed by atoms with Crippen molar-refractivity contribution in [1.29, 1.82) is 0 Å². The lowest BCUT2D eigenvalue weighted by atomic mass is 10.1. The van der Waals surface area contributed by atoms with Crippen molar-refractivity contribution in [3.05, 3.63) is 65.2 Å². The van der Waals surface area contributed by atoms with Crippen molar-refractivity contribution >= 4 is 12.7 Å². The summed E-state index contributed by atoms with van der Waals surface area (Å²) in [5, 5.41) is 0.775. The molecule has 0 aliphatic carbocycles. The number of rotatable bonds is 4. The molecule has 0 radical (unpaired) electrons. The van der Waals surface area contributed by atoms with E-state index in [0.29, 0.717) is 6.16 Å². The van der Waals surface area contributed by atoms with E-state index in [9.17, 15) is 4.57 Å². The SMILES string of the molecule is COP(=O)(Cc1ccc(C)cc1C)c1ccccc1. The van der Waals surface area contributed by atoms with Crippen LogP contribution in [0.1, 0.15) is 16.7 Å². The molecule has 0 N–H and O–H groups in total. The fourth-order valence-corrected chi connectivity index (χ4v) is 4.12. The molecule has 2 nitrogen and oxygen atoms in total. The van der Waals surface area contributed by atoms with Gasteiger partial charge in [0, 0.05) is 12.4 Å². The minimum absolute atomic E-state index is 0.444. The van der Waals surface area contributed by atoms with Gasteiger partial charge in [0.2, 0.25) is 7.37 Å². The third-order valence-corrected chi connectivity index (χ3v) is 5.75. The Morgan fingerprint density at radius 2 is 1.74 bits per heavy atom. The Labute approximate surface area is 114 Å². The fraction of sp³-hybridized carbons (Fsp3) is 0.250. The summed E-state index contributed by atoms with van der Waals surface area (Å²) in [6.45, 7) is 4.11. The summed E-state index contributed by atoms with van der Waals surface area (Å²) in [6, 6.07) is 15.6. The second kappa shape index (κ2) is 5.73. The van der Waals surface area contributed by atoms with Crippen LogP contribution in [-0.2, 0) is 15.3 Å². The average Bonchev–Trinajstić information content (AvgIpc) is 2.43. The topological polar surface area (TPSA) is 26.3 Å². The van der Waals surface area contributed by atoms with Gasteiger partial charge in [-0.25, -0.2) is 0 Å². The zero-order valence-electron chi connectivity index (χ0n) is 11.6. The maximum Gasteiger partial charge on any atom is 0.236 e. The van der Waals surface area contributed by atoms with Crippen molar-refractivity contribution < 1.29 is 9.09 Å². The molecule has 0 saturated carbocycles. The first-order valence-corrected chi connectivity index (χ1v) is 8.13. The summed E-state index contributed by atoms with van der Waals surface area (Å²) in [5.74, 6) is 0. The molecule has 0 amide bonds. The van der Waals surface area contributed by atoms with Gasteiger partial charge in [-0.2, -0.15) is 0 Å². The molecule has 19 heavy (non-hydrogen) atoms. The molecule has 2 aromatic carbocycles. The molecule has 0 aromatic heterocycles. The lowest BCUT2D eigenvalue weighted by Gasteiger charge is -2.18. The van der Waals surface area contributed by atoms with Gasteiger partial charge < -0.3 is 4.52 Å². The van der Waals surface area contributed by atoms with E-state index in [2.05, 4.69) is 13.0 Å². The van der Waals surface area contributed by atoms with Crippen LogP contribution in [0.5, 0.6) is 0 Å². The third-order valence-electron chi connectivity index (χ3n) is 3.32. The zero-order chi connectivity index (χ0) is 13.9. The quantitative estimate of drug-likeness (QED) is 0.786. The first-order valence-electron chi connectivity index (χ1n) is 6.32. The van der Waals surface area contributed by atoms with Crippen LogP contribution in [0.4, 0.5) is 0 Å². The fourth-order valence-electron chi connectivity index (χ4n) is 2.16. The van der Waals surface area contributed by atoms with Gasteiger partial charge in [-0.05, 0) is 37.1 Å². The predicted molar refractivity (Wildman–Crippen MR) is 80.3 cm³/mol. The van der Waals surface area contributed by atoms with E-state index in [1.54, 1.807) is 0 Å². The lowest BCUT2D eigenvalue weighted by molar-refractivity contribution is 0.402. The van der Waals surface area contributed by atoms with Gasteiger partial charge in [-0.1, -0.05) is 42.0 Å². The van der Waals surface area contributed by atoms with Crippen molar-refractivity contribution in [2.75, 3.05) is 7.11 Å². The van der Waals surface area contributed by atoms with Crippen molar-refractivity contribution in [3.8, 4) is 0 Å². The Kier molecular flexibility index (Phi) is 4.24. The van der Waals surface area contributed by atoms with Crippen molar-refractivity contribution in [2.24, 2.45) is 0 Å². The van der Waals surface area contributed by atoms with Crippen molar-refractivity contribution in [1.82, 2.24) is 0 Å². The van der Waals surface area contributed by atoms with Gasteiger partial charge in [-0.15, -0.1) is 0 Å². The smallest absolute Gasteiger partial charge is 0.236 e. The summed E-state index contributed by atoms with van der Waals surface area (Å²) in [5.41, 5.74) is 3.46. The second-order valence-electron chi connectivity index (χ2n) is 4.78. The molecule has 0 bridgehead atoms. The third kappa shape index (κ3) is 3.15. The molecule has 0 aliphatic heterocycles. The number of hydrogen-bond acceptors (Lipinski definition) is 2. The Balaban J connectivity index is 2.36. The van der Waals surface area contributed by atoms with Crippen LogP contribution < -0.4 is 5.30 Å². The molecule has 0 fully saturated rings. The number of hydrogen-bond donors (Lipinski definition) is 0. The summed E-state index contributed by atoms with van der Waals surface area (Å²) in [6.07, 6.45) is 0.444. The summed E-state index contributed by atoms with van der Waals surface area (Å²) >= 11 is 0. The van der Waals surface area contributed by atoms with E-state index in [1.807, 2.05) is 49.4 Å². The maximum absolute atomic E-state index is 13.0. The van der Waals surface area contributed by atoms with Crippen LogP contribution in [0.15, 0.2) is 48.5 Å². The highest BCUT2D eigenvalue weighted by Gasteiger charge is 2.25. The average molecular weight is 274 g/mol. The molecule has 2 rings (SSSR count). The van der Waals surface area contributed by atoms with Gasteiger partial charge in [0.05, 0.1) is 6.16 Å². The highest BCUT2D eigenvalue weighted by atomic mass is 31.2. The van der Waals surface area contributed by atoms with E-state index in [0.717, 1.165) is 16.4 Å². The molecular weight excluding hydrogens is 255 g/mol. The Hall–Kier alpha value is -1.37. The molecule has 0 aliphatic rings. The summed E-state index contributed by atoms with van der Waals surface area (Å²) in [4.78, 5) is 0. The second-order valence-corrected chi connectivity index (χ2v) is 7.32. The van der Waals surface area contributed by atoms with Crippen LogP contribution in [-0.4, -0.2) is 7.11 Å². The molecular formula is C16H19O2P. The first kappa shape index (κ1) is 14.0. The lowest BCUT2D eigenvalue weighted by Crippen LogP contribution is -2.08. The molecule has 1 unspecified atom stereocenters. The van der Waals surface area contributed by atoms with Gasteiger partial charge in [0.25, 0.3) is 0 Å². The van der Waals surface area contributed by atoms with E-state index in [4.69, 9.17) is 4.52 Å². The van der Waals surface area contributed by atoms with Gasteiger partial charge in [0.15, 0.2) is 0 Å². The van der Waals surface area contributed by atoms with Gasteiger partial charge >= 0.3 is 0 Å². The summed E-state index contributed by atoms with van der Waals surface area (Å²) in [7, 11) is -1.29. The van der Waals surface area contributed by atoms with Crippen molar-refractivity contribution in [2.45, 2.75) is 20.0 Å². The van der Waals surface area contributed by atoms with Crippen LogP contribution in [0, 0.1) is 13.8 Å². The minimum Gasteiger partial charge on any atom is -0.328 e. The molecule has 0 saturated heterocycles. The molecule has 0 heterocycles. The van der Waals surface area contributed by atoms with Gasteiger partial charge in [0.1, 0.15) is 0 Å². The van der Waals surface area contributed by atoms with Crippen LogP contribution in [0.25, 0.3) is 0 Å². The largest absolute Gasteiger partial charge is 0.328 e. The highest BCUT2D eigenvalue weighted by Crippen LogP contribution is 2.48. The minimum atomic E-state index is -2.82. The highest BCUT2D eigenvalue weighted by molar-refractivity contribution is 7.66. The van der Waals surface area contributed by atoms with Crippen LogP contribution in [0.2, 0.25) is 0 Å². The molecule has 2 aromatic rings. The van der Waals surface area contributed by atoms with Crippen LogP contribution in [0.3, 0.4) is 0 Å². The first-order chi connectivity index (χ1) is 9.05. The molecule has 1 atom stereocenters. The van der Waals surface area contributed by atoms with E-state index < -0.39 is 7.37 Å². The van der Waals surface area contributed by atoms with E-state index in [-0.39, 0.29) is 0 Å². The molecule has 100 valence electrons.